The molecule has 1 amide bonds. The van der Waals surface area contributed by atoms with Crippen LogP contribution in [0.25, 0.3) is 0 Å². The fourth-order valence-electron chi connectivity index (χ4n) is 4.16. The fraction of sp³-hybridized carbons (Fsp3) is 0.476. The molecule has 0 saturated carbocycles. The molecule has 2 heterocycles. The lowest BCUT2D eigenvalue weighted by Gasteiger charge is -2.22. The first kappa shape index (κ1) is 18.8. The summed E-state index contributed by atoms with van der Waals surface area (Å²) >= 11 is 0. The van der Waals surface area contributed by atoms with E-state index in [1.807, 2.05) is 0 Å². The molecule has 1 aromatic carbocycles. The molecule has 0 bridgehead atoms. The second-order valence-electron chi connectivity index (χ2n) is 7.69. The summed E-state index contributed by atoms with van der Waals surface area (Å²) in [7, 11) is 0. The molecule has 1 saturated heterocycles. The predicted molar refractivity (Wildman–Crippen MR) is 105 cm³/mol. The minimum absolute atomic E-state index is 0.105. The average Bonchev–Trinajstić information content (AvgIpc) is 2.73. The number of nitrogens with one attached hydrogen (secondary N) is 3. The number of amides is 1. The van der Waals surface area contributed by atoms with Gasteiger partial charge in [-0.15, -0.1) is 0 Å². The lowest BCUT2D eigenvalue weighted by molar-refractivity contribution is -0.120. The summed E-state index contributed by atoms with van der Waals surface area (Å²) in [5, 5.41) is 12.8. The molecule has 1 aliphatic carbocycles. The number of rotatable bonds is 4. The molecule has 7 heteroatoms. The van der Waals surface area contributed by atoms with Crippen LogP contribution in [-0.4, -0.2) is 29.2 Å². The van der Waals surface area contributed by atoms with Gasteiger partial charge in [-0.25, -0.2) is 9.49 Å². The van der Waals surface area contributed by atoms with E-state index < -0.39 is 5.82 Å². The zero-order valence-corrected chi connectivity index (χ0v) is 15.8. The molecular formula is C21H25FN4O2. The van der Waals surface area contributed by atoms with Crippen LogP contribution in [0.4, 0.5) is 10.1 Å². The third-order valence-electron chi connectivity index (χ3n) is 5.71. The molecule has 0 spiro atoms. The minimum Gasteiger partial charge on any atom is -0.323 e. The highest BCUT2D eigenvalue weighted by Crippen LogP contribution is 2.24. The molecule has 6 nitrogen and oxygen atoms in total. The summed E-state index contributed by atoms with van der Waals surface area (Å²) in [4.78, 5) is 24.5. The van der Waals surface area contributed by atoms with Gasteiger partial charge >= 0.3 is 0 Å². The van der Waals surface area contributed by atoms with Crippen molar-refractivity contribution in [2.75, 3.05) is 18.4 Å². The summed E-state index contributed by atoms with van der Waals surface area (Å²) in [6, 6.07) is 4.75. The molecular weight excluding hydrogens is 359 g/mol. The zero-order valence-electron chi connectivity index (χ0n) is 15.8. The van der Waals surface area contributed by atoms with E-state index in [1.165, 1.54) is 6.07 Å². The molecule has 1 unspecified atom stereocenters. The monoisotopic (exact) mass is 384 g/mol. The van der Waals surface area contributed by atoms with Gasteiger partial charge in [-0.1, -0.05) is 6.07 Å². The number of aromatic amines is 1. The van der Waals surface area contributed by atoms with Crippen LogP contribution in [0.1, 0.15) is 48.1 Å². The maximum atomic E-state index is 14.3. The Morgan fingerprint density at radius 1 is 1.21 bits per heavy atom. The Morgan fingerprint density at radius 2 is 2.04 bits per heavy atom. The molecule has 0 radical (unpaired) electrons. The second kappa shape index (κ2) is 8.22. The van der Waals surface area contributed by atoms with E-state index >= 15 is 0 Å². The average molecular weight is 384 g/mol. The minimum atomic E-state index is -0.447. The van der Waals surface area contributed by atoms with Crippen molar-refractivity contribution in [2.45, 2.75) is 44.9 Å². The molecule has 1 atom stereocenters. The topological polar surface area (TPSA) is 86.9 Å². The summed E-state index contributed by atoms with van der Waals surface area (Å²) in [6.45, 7) is 1.55. The van der Waals surface area contributed by atoms with E-state index in [1.54, 1.807) is 12.1 Å². The van der Waals surface area contributed by atoms with Crippen LogP contribution in [0.2, 0.25) is 0 Å². The van der Waals surface area contributed by atoms with Gasteiger partial charge in [-0.3, -0.25) is 9.59 Å². The van der Waals surface area contributed by atoms with Crippen molar-refractivity contribution in [3.63, 3.8) is 0 Å². The third-order valence-corrected chi connectivity index (χ3v) is 5.71. The third kappa shape index (κ3) is 3.99. The quantitative estimate of drug-likeness (QED) is 0.755. The summed E-state index contributed by atoms with van der Waals surface area (Å²) in [6.07, 6.45) is 5.94. The van der Waals surface area contributed by atoms with Gasteiger partial charge in [0.25, 0.3) is 5.56 Å². The number of H-pyrrole nitrogens is 1. The highest BCUT2D eigenvalue weighted by molar-refractivity contribution is 5.93. The number of hydrogen-bond donors (Lipinski definition) is 3. The molecule has 2 aromatic rings. The number of benzene rings is 1. The van der Waals surface area contributed by atoms with Crippen molar-refractivity contribution in [1.29, 1.82) is 0 Å². The van der Waals surface area contributed by atoms with Crippen molar-refractivity contribution in [3.05, 3.63) is 56.8 Å². The second-order valence-corrected chi connectivity index (χ2v) is 7.69. The normalized spacial score (nSPS) is 19.1. The van der Waals surface area contributed by atoms with Gasteiger partial charge in [0.05, 0.1) is 17.3 Å². The first-order valence-electron chi connectivity index (χ1n) is 10.0. The zero-order chi connectivity index (χ0) is 19.5. The van der Waals surface area contributed by atoms with Crippen LogP contribution in [0, 0.1) is 11.7 Å². The van der Waals surface area contributed by atoms with Gasteiger partial charge in [0.1, 0.15) is 5.82 Å². The van der Waals surface area contributed by atoms with Crippen molar-refractivity contribution in [3.8, 4) is 0 Å². The Bertz CT molecular complexity index is 934. The highest BCUT2D eigenvalue weighted by Gasteiger charge is 2.22. The Morgan fingerprint density at radius 3 is 2.82 bits per heavy atom. The highest BCUT2D eigenvalue weighted by atomic mass is 19.1. The number of nitrogens with zero attached hydrogens (tertiary/aromatic N) is 1. The number of fused-ring (bicyclic) bond motifs is 1. The Hall–Kier alpha value is -2.54. The van der Waals surface area contributed by atoms with Crippen molar-refractivity contribution < 1.29 is 9.18 Å². The number of halogens is 1. The fourth-order valence-corrected chi connectivity index (χ4v) is 4.16. The molecule has 1 fully saturated rings. The number of carbonyl (C=O) groups is 1. The van der Waals surface area contributed by atoms with Crippen LogP contribution in [0.3, 0.4) is 0 Å². The van der Waals surface area contributed by atoms with Crippen LogP contribution < -0.4 is 16.2 Å². The van der Waals surface area contributed by atoms with Crippen molar-refractivity contribution in [1.82, 2.24) is 15.5 Å². The summed E-state index contributed by atoms with van der Waals surface area (Å²) < 4.78 is 14.3. The molecule has 28 heavy (non-hydrogen) atoms. The predicted octanol–water partition coefficient (Wildman–Crippen LogP) is 2.32. The van der Waals surface area contributed by atoms with Crippen LogP contribution in [0.15, 0.2) is 23.0 Å². The van der Waals surface area contributed by atoms with E-state index in [0.717, 1.165) is 67.5 Å². The maximum absolute atomic E-state index is 14.3. The molecule has 1 aliphatic heterocycles. The van der Waals surface area contributed by atoms with Gasteiger partial charge in [-0.05, 0) is 68.3 Å². The number of hydrogen-bond acceptors (Lipinski definition) is 4. The lowest BCUT2D eigenvalue weighted by Crippen LogP contribution is -2.37. The molecule has 4 rings (SSSR count). The van der Waals surface area contributed by atoms with Gasteiger partial charge in [0.2, 0.25) is 5.91 Å². The lowest BCUT2D eigenvalue weighted by atomic mass is 9.90. The van der Waals surface area contributed by atoms with E-state index in [9.17, 15) is 14.0 Å². The summed E-state index contributed by atoms with van der Waals surface area (Å²) in [5.41, 5.74) is 3.63. The van der Waals surface area contributed by atoms with E-state index in [2.05, 4.69) is 20.8 Å². The first-order chi connectivity index (χ1) is 13.6. The van der Waals surface area contributed by atoms with Gasteiger partial charge in [0.15, 0.2) is 0 Å². The smallest absolute Gasteiger partial charge is 0.267 e. The standard InChI is InChI=1S/C21H25FN4O2/c22-17-8-7-13(11-19(17)24-20(27)14-4-3-9-23-12-14)10-18-15-5-1-2-6-16(15)21(28)26-25-18/h7-8,11,14,23H,1-6,9-10,12H2,(H,24,27)(H,26,28). The Kier molecular flexibility index (Phi) is 5.52. The van der Waals surface area contributed by atoms with Crippen LogP contribution in [-0.2, 0) is 24.1 Å². The van der Waals surface area contributed by atoms with Gasteiger partial charge < -0.3 is 10.6 Å². The van der Waals surface area contributed by atoms with E-state index in [-0.39, 0.29) is 23.1 Å². The number of anilines is 1. The Labute approximate surface area is 162 Å². The van der Waals surface area contributed by atoms with Crippen molar-refractivity contribution >= 4 is 11.6 Å². The molecule has 2 aliphatic rings. The van der Waals surface area contributed by atoms with Crippen LogP contribution in [0.5, 0.6) is 0 Å². The number of piperidine rings is 1. The Balaban J connectivity index is 1.54. The molecule has 148 valence electrons. The maximum Gasteiger partial charge on any atom is 0.267 e. The van der Waals surface area contributed by atoms with Crippen LogP contribution >= 0.6 is 0 Å². The van der Waals surface area contributed by atoms with Crippen molar-refractivity contribution in [2.24, 2.45) is 5.92 Å². The van der Waals surface area contributed by atoms with Gasteiger partial charge in [-0.2, -0.15) is 5.10 Å². The molecule has 1 aromatic heterocycles. The number of carbonyl (C=O) groups excluding carboxylic acids is 1. The molecule has 3 N–H and O–H groups in total. The largest absolute Gasteiger partial charge is 0.323 e. The first-order valence-corrected chi connectivity index (χ1v) is 10.0. The van der Waals surface area contributed by atoms with E-state index in [0.29, 0.717) is 13.0 Å². The number of aromatic nitrogens is 2. The summed E-state index contributed by atoms with van der Waals surface area (Å²) in [5.74, 6) is -0.732. The van der Waals surface area contributed by atoms with E-state index in [4.69, 9.17) is 0 Å². The SMILES string of the molecule is O=C(Nc1cc(Cc2n[nH]c(=O)c3c2CCCC3)ccc1F)C1CCCNC1. The van der Waals surface area contributed by atoms with Gasteiger partial charge in [0, 0.05) is 18.5 Å².